The molecule has 1 aromatic heterocycles. The Bertz CT molecular complexity index is 1330. The maximum absolute atomic E-state index is 12.8. The number of hydrogen-bond acceptors (Lipinski definition) is 4. The number of hydrogen-bond donors (Lipinski definition) is 3. The first-order valence-electron chi connectivity index (χ1n) is 11.8. The number of likely N-dealkylation sites (tertiary alicyclic amines) is 1. The highest BCUT2D eigenvalue weighted by Crippen LogP contribution is 2.69. The molecule has 8 rings (SSSR count). The Labute approximate surface area is 199 Å². The van der Waals surface area contributed by atoms with Crippen LogP contribution in [0.15, 0.2) is 30.3 Å². The number of ether oxygens (including phenoxy) is 1. The van der Waals surface area contributed by atoms with Crippen molar-refractivity contribution in [2.24, 2.45) is 5.92 Å². The first-order valence-corrected chi connectivity index (χ1v) is 12.9. The second kappa shape index (κ2) is 5.83. The molecular weight excluding hydrogens is 515 g/mol. The first-order chi connectivity index (χ1) is 15.5. The zero-order valence-electron chi connectivity index (χ0n) is 17.7. The van der Waals surface area contributed by atoms with Crippen LogP contribution in [-0.4, -0.2) is 44.8 Å². The van der Waals surface area contributed by atoms with Gasteiger partial charge in [0.1, 0.15) is 0 Å². The van der Waals surface area contributed by atoms with Crippen LogP contribution in [0.1, 0.15) is 47.8 Å². The number of aliphatic hydroxyl groups is 1. The van der Waals surface area contributed by atoms with Crippen LogP contribution in [0, 0.1) is 9.49 Å². The van der Waals surface area contributed by atoms with Gasteiger partial charge in [-0.15, -0.1) is 0 Å². The van der Waals surface area contributed by atoms with Gasteiger partial charge in [-0.05, 0) is 96.1 Å². The molecule has 2 aromatic carbocycles. The van der Waals surface area contributed by atoms with Gasteiger partial charge in [0.15, 0.2) is 17.6 Å². The molecule has 32 heavy (non-hydrogen) atoms. The van der Waals surface area contributed by atoms with Crippen LogP contribution in [0.25, 0.3) is 10.9 Å². The van der Waals surface area contributed by atoms with Gasteiger partial charge in [-0.3, -0.25) is 4.90 Å². The molecule has 1 spiro atoms. The van der Waals surface area contributed by atoms with Crippen molar-refractivity contribution in [3.63, 3.8) is 0 Å². The van der Waals surface area contributed by atoms with Crippen molar-refractivity contribution in [3.05, 3.63) is 56.3 Å². The fourth-order valence-electron chi connectivity index (χ4n) is 7.59. The number of benzene rings is 2. The zero-order chi connectivity index (χ0) is 21.4. The number of H-pyrrole nitrogens is 1. The van der Waals surface area contributed by atoms with Gasteiger partial charge in [0.05, 0.1) is 16.7 Å². The Balaban J connectivity index is 1.42. The second-order valence-corrected chi connectivity index (χ2v) is 11.9. The fraction of sp³-hybridized carbons (Fsp3) is 0.462. The van der Waals surface area contributed by atoms with Crippen molar-refractivity contribution < 1.29 is 14.9 Å². The number of phenolic OH excluding ortho intramolecular Hbond substituents is 1. The molecule has 5 nitrogen and oxygen atoms in total. The minimum absolute atomic E-state index is 0.0758. The second-order valence-electron chi connectivity index (χ2n) is 10.6. The van der Waals surface area contributed by atoms with E-state index in [1.165, 1.54) is 32.9 Å². The normalized spacial score (nSPS) is 34.3. The van der Waals surface area contributed by atoms with E-state index in [2.05, 4.69) is 56.7 Å². The molecule has 3 N–H and O–H groups in total. The molecule has 2 bridgehead atoms. The molecule has 1 saturated heterocycles. The molecule has 5 aliphatic rings. The van der Waals surface area contributed by atoms with Crippen molar-refractivity contribution in [2.45, 2.75) is 55.3 Å². The summed E-state index contributed by atoms with van der Waals surface area (Å²) in [5.74, 6) is 1.58. The van der Waals surface area contributed by atoms with Gasteiger partial charge in [-0.25, -0.2) is 0 Å². The fourth-order valence-corrected chi connectivity index (χ4v) is 8.09. The Kier molecular flexibility index (Phi) is 3.39. The van der Waals surface area contributed by atoms with E-state index >= 15 is 0 Å². The third kappa shape index (κ3) is 2.04. The number of nitrogens with one attached hydrogen (secondary N) is 1. The Morgan fingerprint density at radius 2 is 2.09 bits per heavy atom. The van der Waals surface area contributed by atoms with Crippen molar-refractivity contribution in [2.75, 3.05) is 13.1 Å². The lowest BCUT2D eigenvalue weighted by molar-refractivity contribution is -0.173. The number of aromatic amines is 1. The Hall–Kier alpha value is -1.77. The molecule has 2 aliphatic heterocycles. The lowest BCUT2D eigenvalue weighted by Crippen LogP contribution is -2.74. The summed E-state index contributed by atoms with van der Waals surface area (Å²) in [6.45, 7) is 2.07. The van der Waals surface area contributed by atoms with E-state index in [4.69, 9.17) is 4.74 Å². The number of aromatic nitrogens is 1. The highest BCUT2D eigenvalue weighted by molar-refractivity contribution is 14.1. The standard InChI is InChI=1S/C26H25IN2O3/c27-15-4-5-18-16(10-15)17-11-26(31)20-9-14-3-6-19(30)23-21(14)25(26,24(32-23)22(17)28-18)7-8-29(20)12-13-1-2-13/h3-6,10,13,20,24,28,30-31H,1-2,7-9,11-12H2. The molecule has 6 heteroatoms. The number of aromatic hydroxyl groups is 1. The van der Waals surface area contributed by atoms with Gasteiger partial charge < -0.3 is 19.9 Å². The lowest BCUT2D eigenvalue weighted by Gasteiger charge is -2.62. The number of phenols is 1. The average Bonchev–Trinajstić information content (AvgIpc) is 3.41. The average molecular weight is 540 g/mol. The van der Waals surface area contributed by atoms with E-state index in [0.29, 0.717) is 12.2 Å². The molecule has 3 aliphatic carbocycles. The van der Waals surface area contributed by atoms with Crippen molar-refractivity contribution in [1.82, 2.24) is 9.88 Å². The van der Waals surface area contributed by atoms with Gasteiger partial charge in [0.2, 0.25) is 0 Å². The summed E-state index contributed by atoms with van der Waals surface area (Å²) in [5, 5.41) is 24.7. The molecule has 1 saturated carbocycles. The third-order valence-corrected chi connectivity index (χ3v) is 9.79. The number of fused-ring (bicyclic) bond motifs is 4. The van der Waals surface area contributed by atoms with E-state index < -0.39 is 11.0 Å². The minimum Gasteiger partial charge on any atom is -0.504 e. The summed E-state index contributed by atoms with van der Waals surface area (Å²) in [5.41, 5.74) is 4.26. The van der Waals surface area contributed by atoms with Crippen molar-refractivity contribution >= 4 is 33.5 Å². The van der Waals surface area contributed by atoms with Crippen LogP contribution in [0.3, 0.4) is 0 Å². The Morgan fingerprint density at radius 3 is 2.94 bits per heavy atom. The molecule has 4 atom stereocenters. The molecular formula is C26H25IN2O3. The summed E-state index contributed by atoms with van der Waals surface area (Å²) in [6.07, 6.45) is 4.64. The summed E-state index contributed by atoms with van der Waals surface area (Å²) in [4.78, 5) is 6.25. The smallest absolute Gasteiger partial charge is 0.166 e. The molecule has 3 heterocycles. The number of rotatable bonds is 2. The van der Waals surface area contributed by atoms with E-state index in [9.17, 15) is 10.2 Å². The van der Waals surface area contributed by atoms with Crippen LogP contribution in [0.5, 0.6) is 11.5 Å². The van der Waals surface area contributed by atoms with Gasteiger partial charge in [-0.1, -0.05) is 6.07 Å². The van der Waals surface area contributed by atoms with Gasteiger partial charge in [-0.2, -0.15) is 0 Å². The quantitative estimate of drug-likeness (QED) is 0.427. The number of piperidine rings is 1. The first kappa shape index (κ1) is 18.6. The van der Waals surface area contributed by atoms with Gasteiger partial charge in [0.25, 0.3) is 0 Å². The van der Waals surface area contributed by atoms with E-state index in [0.717, 1.165) is 48.6 Å². The van der Waals surface area contributed by atoms with Crippen LogP contribution in [0.2, 0.25) is 0 Å². The maximum Gasteiger partial charge on any atom is 0.166 e. The maximum atomic E-state index is 12.8. The highest BCUT2D eigenvalue weighted by Gasteiger charge is 2.72. The van der Waals surface area contributed by atoms with Crippen molar-refractivity contribution in [3.8, 4) is 11.5 Å². The Morgan fingerprint density at radius 1 is 1.22 bits per heavy atom. The summed E-state index contributed by atoms with van der Waals surface area (Å²) in [7, 11) is 0. The van der Waals surface area contributed by atoms with Crippen LogP contribution < -0.4 is 4.74 Å². The highest BCUT2D eigenvalue weighted by atomic mass is 127. The number of halogens is 1. The predicted molar refractivity (Wildman–Crippen MR) is 129 cm³/mol. The molecule has 3 aromatic rings. The molecule has 164 valence electrons. The monoisotopic (exact) mass is 540 g/mol. The van der Waals surface area contributed by atoms with Gasteiger partial charge in [0, 0.05) is 39.0 Å². The van der Waals surface area contributed by atoms with Crippen LogP contribution in [-0.2, 0) is 18.3 Å². The van der Waals surface area contributed by atoms with E-state index in [-0.39, 0.29) is 17.9 Å². The topological polar surface area (TPSA) is 68.7 Å². The third-order valence-electron chi connectivity index (χ3n) is 9.12. The minimum atomic E-state index is -0.916. The molecule has 4 unspecified atom stereocenters. The SMILES string of the molecule is Oc1ccc2c3c1OC1c4[nH]c5ccc(I)cc5c4CC4(O)C(C2)N(CC2CC2)CCC314. The molecule has 2 fully saturated rings. The lowest BCUT2D eigenvalue weighted by atomic mass is 9.49. The van der Waals surface area contributed by atoms with E-state index in [1.807, 2.05) is 0 Å². The van der Waals surface area contributed by atoms with Crippen LogP contribution in [0.4, 0.5) is 0 Å². The summed E-state index contributed by atoms with van der Waals surface area (Å²) < 4.78 is 7.82. The largest absolute Gasteiger partial charge is 0.504 e. The predicted octanol–water partition coefficient (Wildman–Crippen LogP) is 4.18. The number of nitrogens with zero attached hydrogens (tertiary/aromatic N) is 1. The van der Waals surface area contributed by atoms with Crippen LogP contribution >= 0.6 is 22.6 Å². The molecule has 0 amide bonds. The molecule has 0 radical (unpaired) electrons. The van der Waals surface area contributed by atoms with Crippen molar-refractivity contribution in [1.29, 1.82) is 0 Å². The summed E-state index contributed by atoms with van der Waals surface area (Å²) >= 11 is 2.36. The van der Waals surface area contributed by atoms with Gasteiger partial charge >= 0.3 is 0 Å². The zero-order valence-corrected chi connectivity index (χ0v) is 19.9. The summed E-state index contributed by atoms with van der Waals surface area (Å²) in [6, 6.07) is 10.4. The van der Waals surface area contributed by atoms with E-state index in [1.54, 1.807) is 6.07 Å².